The largest absolute Gasteiger partial charge is 0.466 e. The van der Waals surface area contributed by atoms with E-state index < -0.39 is 0 Å². The van der Waals surface area contributed by atoms with Gasteiger partial charge in [-0.2, -0.15) is 0 Å². The van der Waals surface area contributed by atoms with E-state index in [9.17, 15) is 4.79 Å². The van der Waals surface area contributed by atoms with Crippen molar-refractivity contribution in [3.63, 3.8) is 0 Å². The van der Waals surface area contributed by atoms with Crippen LogP contribution in [0, 0.1) is 0 Å². The van der Waals surface area contributed by atoms with Crippen LogP contribution in [-0.2, 0) is 19.0 Å². The van der Waals surface area contributed by atoms with Gasteiger partial charge in [-0.1, -0.05) is 0 Å². The van der Waals surface area contributed by atoms with Crippen molar-refractivity contribution in [3.8, 4) is 0 Å². The van der Waals surface area contributed by atoms with Gasteiger partial charge in [-0.15, -0.1) is 0 Å². The molecule has 1 aliphatic rings. The van der Waals surface area contributed by atoms with Crippen molar-refractivity contribution in [2.75, 3.05) is 21.0 Å². The van der Waals surface area contributed by atoms with E-state index in [1.165, 1.54) is 7.11 Å². The van der Waals surface area contributed by atoms with E-state index in [0.717, 1.165) is 6.42 Å². The Hall–Kier alpha value is -0.910. The van der Waals surface area contributed by atoms with Gasteiger partial charge in [-0.05, 0) is 18.9 Å². The Kier molecular flexibility index (Phi) is 4.74. The first-order chi connectivity index (χ1) is 7.19. The summed E-state index contributed by atoms with van der Waals surface area (Å²) >= 11 is 0. The van der Waals surface area contributed by atoms with Gasteiger partial charge in [0, 0.05) is 18.7 Å². The molecule has 0 heterocycles. The maximum Gasteiger partial charge on any atom is 0.333 e. The summed E-state index contributed by atoms with van der Waals surface area (Å²) in [5.41, 5.74) is 6.47. The third-order valence-corrected chi connectivity index (χ3v) is 2.36. The van der Waals surface area contributed by atoms with Gasteiger partial charge in [0.2, 0.25) is 0 Å². The molecule has 0 aliphatic heterocycles. The first-order valence-corrected chi connectivity index (χ1v) is 4.84. The van der Waals surface area contributed by atoms with Crippen LogP contribution in [0.1, 0.15) is 12.8 Å². The highest BCUT2D eigenvalue weighted by molar-refractivity contribution is 5.88. The third kappa shape index (κ3) is 3.30. The lowest BCUT2D eigenvalue weighted by Crippen LogP contribution is -2.39. The van der Waals surface area contributed by atoms with Crippen LogP contribution in [-0.4, -0.2) is 39.1 Å². The van der Waals surface area contributed by atoms with Gasteiger partial charge < -0.3 is 19.9 Å². The normalized spacial score (nSPS) is 25.9. The molecule has 0 bridgehead atoms. The molecule has 5 nitrogen and oxygen atoms in total. The van der Waals surface area contributed by atoms with Crippen LogP contribution in [0.2, 0.25) is 0 Å². The van der Waals surface area contributed by atoms with Gasteiger partial charge in [-0.25, -0.2) is 4.79 Å². The van der Waals surface area contributed by atoms with Crippen molar-refractivity contribution < 1.29 is 19.0 Å². The van der Waals surface area contributed by atoms with Crippen LogP contribution in [0.25, 0.3) is 0 Å². The summed E-state index contributed by atoms with van der Waals surface area (Å²) in [6.45, 7) is 0.170. The monoisotopic (exact) mass is 215 g/mol. The van der Waals surface area contributed by atoms with Crippen molar-refractivity contribution in [1.29, 1.82) is 0 Å². The molecule has 0 radical (unpaired) electrons. The topological polar surface area (TPSA) is 70.8 Å². The number of nitrogens with two attached hydrogens (primary N) is 1. The molecular weight excluding hydrogens is 198 g/mol. The van der Waals surface area contributed by atoms with Crippen molar-refractivity contribution in [1.82, 2.24) is 0 Å². The molecular formula is C10H17NO4. The Morgan fingerprint density at radius 2 is 2.33 bits per heavy atom. The number of carbonyl (C=O) groups excluding carboxylic acids is 1. The van der Waals surface area contributed by atoms with E-state index in [-0.39, 0.29) is 24.9 Å². The molecule has 2 atom stereocenters. The van der Waals surface area contributed by atoms with Crippen LogP contribution >= 0.6 is 0 Å². The molecule has 0 spiro atoms. The fraction of sp³-hybridized carbons (Fsp3) is 0.700. The molecule has 0 unspecified atom stereocenters. The zero-order valence-corrected chi connectivity index (χ0v) is 9.06. The van der Waals surface area contributed by atoms with Gasteiger partial charge in [0.05, 0.1) is 13.2 Å². The van der Waals surface area contributed by atoms with E-state index in [0.29, 0.717) is 12.0 Å². The second-order valence-corrected chi connectivity index (χ2v) is 3.42. The van der Waals surface area contributed by atoms with Gasteiger partial charge in [-0.3, -0.25) is 0 Å². The standard InChI is InChI=1S/C10H17NO4/c1-13-6-15-9-5-7(10(12)14-2)3-4-8(9)11/h5,8-9H,3-4,6,11H2,1-2H3/t8-,9-/m1/s1. The summed E-state index contributed by atoms with van der Waals surface area (Å²) in [5, 5.41) is 0. The molecule has 2 N–H and O–H groups in total. The fourth-order valence-corrected chi connectivity index (χ4v) is 1.51. The fourth-order valence-electron chi connectivity index (χ4n) is 1.51. The quantitative estimate of drug-likeness (QED) is 0.535. The number of carbonyl (C=O) groups is 1. The average Bonchev–Trinajstić information content (AvgIpc) is 2.27. The molecule has 0 aromatic carbocycles. The minimum Gasteiger partial charge on any atom is -0.466 e. The number of hydrogen-bond acceptors (Lipinski definition) is 5. The second-order valence-electron chi connectivity index (χ2n) is 3.42. The van der Waals surface area contributed by atoms with E-state index >= 15 is 0 Å². The maximum absolute atomic E-state index is 11.3. The molecule has 0 fully saturated rings. The van der Waals surface area contributed by atoms with Crippen molar-refractivity contribution in [2.24, 2.45) is 5.73 Å². The molecule has 0 saturated carbocycles. The minimum absolute atomic E-state index is 0.0893. The van der Waals surface area contributed by atoms with Gasteiger partial charge in [0.15, 0.2) is 0 Å². The lowest BCUT2D eigenvalue weighted by Gasteiger charge is -2.26. The highest BCUT2D eigenvalue weighted by Crippen LogP contribution is 2.20. The summed E-state index contributed by atoms with van der Waals surface area (Å²) in [7, 11) is 2.90. The highest BCUT2D eigenvalue weighted by Gasteiger charge is 2.25. The smallest absolute Gasteiger partial charge is 0.333 e. The van der Waals surface area contributed by atoms with Crippen molar-refractivity contribution >= 4 is 5.97 Å². The number of hydrogen-bond donors (Lipinski definition) is 1. The van der Waals surface area contributed by atoms with Gasteiger partial charge in [0.1, 0.15) is 6.79 Å². The third-order valence-electron chi connectivity index (χ3n) is 2.36. The number of methoxy groups -OCH3 is 2. The lowest BCUT2D eigenvalue weighted by atomic mass is 9.93. The molecule has 15 heavy (non-hydrogen) atoms. The van der Waals surface area contributed by atoms with E-state index in [1.54, 1.807) is 13.2 Å². The summed E-state index contributed by atoms with van der Waals surface area (Å²) in [4.78, 5) is 11.3. The van der Waals surface area contributed by atoms with Crippen molar-refractivity contribution in [2.45, 2.75) is 25.0 Å². The Bertz CT molecular complexity index is 252. The molecule has 1 rings (SSSR count). The number of esters is 1. The molecule has 0 aromatic heterocycles. The molecule has 5 heteroatoms. The maximum atomic E-state index is 11.3. The van der Waals surface area contributed by atoms with E-state index in [2.05, 4.69) is 4.74 Å². The predicted molar refractivity (Wildman–Crippen MR) is 54.1 cm³/mol. The molecule has 0 amide bonds. The lowest BCUT2D eigenvalue weighted by molar-refractivity contribution is -0.136. The summed E-state index contributed by atoms with van der Waals surface area (Å²) < 4.78 is 14.8. The van der Waals surface area contributed by atoms with Gasteiger partial charge >= 0.3 is 5.97 Å². The molecule has 1 aliphatic carbocycles. The average molecular weight is 215 g/mol. The number of ether oxygens (including phenoxy) is 3. The summed E-state index contributed by atoms with van der Waals surface area (Å²) in [6.07, 6.45) is 2.81. The second kappa shape index (κ2) is 5.85. The predicted octanol–water partition coefficient (Wildman–Crippen LogP) is 0.196. The first-order valence-electron chi connectivity index (χ1n) is 4.84. The first kappa shape index (κ1) is 12.2. The number of rotatable bonds is 4. The Labute approximate surface area is 89.2 Å². The zero-order chi connectivity index (χ0) is 11.3. The Morgan fingerprint density at radius 1 is 1.60 bits per heavy atom. The van der Waals surface area contributed by atoms with Crippen LogP contribution in [0.15, 0.2) is 11.6 Å². The van der Waals surface area contributed by atoms with Gasteiger partial charge in [0.25, 0.3) is 0 Å². The molecule has 0 saturated heterocycles. The van der Waals surface area contributed by atoms with Crippen LogP contribution in [0.3, 0.4) is 0 Å². The van der Waals surface area contributed by atoms with E-state index in [1.807, 2.05) is 0 Å². The minimum atomic E-state index is -0.312. The Morgan fingerprint density at radius 3 is 2.93 bits per heavy atom. The summed E-state index contributed by atoms with van der Waals surface area (Å²) in [6, 6.07) is -0.0893. The van der Waals surface area contributed by atoms with Crippen molar-refractivity contribution in [3.05, 3.63) is 11.6 Å². The highest BCUT2D eigenvalue weighted by atomic mass is 16.7. The molecule has 86 valence electrons. The SMILES string of the molecule is COCO[C@@H]1C=C(C(=O)OC)CC[C@H]1N. The van der Waals surface area contributed by atoms with Crippen LogP contribution in [0.5, 0.6) is 0 Å². The zero-order valence-electron chi connectivity index (χ0n) is 9.06. The van der Waals surface area contributed by atoms with Crippen LogP contribution < -0.4 is 5.73 Å². The summed E-state index contributed by atoms with van der Waals surface area (Å²) in [5.74, 6) is -0.312. The van der Waals surface area contributed by atoms with Crippen LogP contribution in [0.4, 0.5) is 0 Å². The molecule has 0 aromatic rings. The van der Waals surface area contributed by atoms with E-state index in [4.69, 9.17) is 15.2 Å². The Balaban J connectivity index is 2.62.